The van der Waals surface area contributed by atoms with Crippen LogP contribution < -0.4 is 0 Å². The molecule has 0 aliphatic carbocycles. The van der Waals surface area contributed by atoms with E-state index in [0.717, 1.165) is 50.2 Å². The molecule has 3 aromatic heterocycles. The summed E-state index contributed by atoms with van der Waals surface area (Å²) in [5.41, 5.74) is 12.4. The Morgan fingerprint density at radius 2 is 1.36 bits per heavy atom. The first-order valence-electron chi connectivity index (χ1n) is 16.9. The number of nitrogens with zero attached hydrogens (tertiary/aromatic N) is 4. The summed E-state index contributed by atoms with van der Waals surface area (Å²) in [5.74, 6) is 0.729. The van der Waals surface area contributed by atoms with Gasteiger partial charge in [0.15, 0.2) is 0 Å². The minimum Gasteiger partial charge on any atom is -0.506 e. The van der Waals surface area contributed by atoms with Gasteiger partial charge in [0, 0.05) is 44.8 Å². The molecule has 0 aliphatic heterocycles. The van der Waals surface area contributed by atoms with E-state index in [2.05, 4.69) is 139 Å². The Hall–Kier alpha value is -4.34. The molecule has 0 fully saturated rings. The normalized spacial score (nSPS) is 12.2. The summed E-state index contributed by atoms with van der Waals surface area (Å²) < 4.78 is 2.19. The van der Waals surface area contributed by atoms with E-state index >= 15 is 0 Å². The minimum atomic E-state index is -0.122. The number of imidazole rings is 1. The molecule has 3 aromatic carbocycles. The van der Waals surface area contributed by atoms with Crippen molar-refractivity contribution < 1.29 is 26.2 Å². The van der Waals surface area contributed by atoms with Crippen molar-refractivity contribution in [1.29, 1.82) is 0 Å². The third-order valence-corrected chi connectivity index (χ3v) is 9.19. The zero-order chi connectivity index (χ0) is 35.5. The molecule has 0 atom stereocenters. The Morgan fingerprint density at radius 1 is 0.740 bits per heavy atom. The molecular formula is C44H47N4OPt-. The smallest absolute Gasteiger partial charge is 0.148 e. The number of pyridine rings is 2. The Labute approximate surface area is 311 Å². The Kier molecular flexibility index (Phi) is 9.91. The second kappa shape index (κ2) is 13.4. The first kappa shape index (κ1) is 36.9. The number of allylic oxidation sites excluding steroid dienone is 1. The van der Waals surface area contributed by atoms with Crippen LogP contribution in [-0.2, 0) is 37.3 Å². The minimum absolute atomic E-state index is 0. The average Bonchev–Trinajstić information content (AvgIpc) is 3.43. The van der Waals surface area contributed by atoms with Crippen molar-refractivity contribution >= 4 is 16.6 Å². The van der Waals surface area contributed by atoms with E-state index in [1.165, 1.54) is 22.9 Å². The van der Waals surface area contributed by atoms with Crippen molar-refractivity contribution in [3.05, 3.63) is 120 Å². The predicted octanol–water partition coefficient (Wildman–Crippen LogP) is 11.2. The van der Waals surface area contributed by atoms with Gasteiger partial charge in [0.05, 0.1) is 22.8 Å². The van der Waals surface area contributed by atoms with Gasteiger partial charge in [-0.05, 0) is 70.2 Å². The van der Waals surface area contributed by atoms with Crippen molar-refractivity contribution in [2.75, 3.05) is 0 Å². The second-order valence-corrected chi connectivity index (χ2v) is 16.3. The van der Waals surface area contributed by atoms with E-state index in [4.69, 9.17) is 9.97 Å². The topological polar surface area (TPSA) is 63.8 Å². The zero-order valence-corrected chi connectivity index (χ0v) is 33.1. The van der Waals surface area contributed by atoms with Crippen LogP contribution in [0.2, 0.25) is 0 Å². The summed E-state index contributed by atoms with van der Waals surface area (Å²) in [6.07, 6.45) is 5.01. The molecule has 1 N–H and O–H groups in total. The van der Waals surface area contributed by atoms with Crippen LogP contribution in [0.15, 0.2) is 91.9 Å². The summed E-state index contributed by atoms with van der Waals surface area (Å²) >= 11 is 0. The molecule has 260 valence electrons. The van der Waals surface area contributed by atoms with Gasteiger partial charge in [-0.3, -0.25) is 14.5 Å². The van der Waals surface area contributed by atoms with Crippen LogP contribution >= 0.6 is 0 Å². The summed E-state index contributed by atoms with van der Waals surface area (Å²) in [7, 11) is 0. The fourth-order valence-corrected chi connectivity index (χ4v) is 6.07. The maximum Gasteiger partial charge on any atom is 0.148 e. The summed E-state index contributed by atoms with van der Waals surface area (Å²) in [6, 6.07) is 27.2. The molecule has 3 heterocycles. The van der Waals surface area contributed by atoms with Gasteiger partial charge in [-0.25, -0.2) is 4.98 Å². The molecular weight excluding hydrogens is 796 g/mol. The van der Waals surface area contributed by atoms with Crippen molar-refractivity contribution in [3.63, 3.8) is 0 Å². The monoisotopic (exact) mass is 842 g/mol. The van der Waals surface area contributed by atoms with Gasteiger partial charge < -0.3 is 5.11 Å². The fourth-order valence-electron chi connectivity index (χ4n) is 6.07. The van der Waals surface area contributed by atoms with Gasteiger partial charge in [-0.15, -0.1) is 29.3 Å². The largest absolute Gasteiger partial charge is 0.506 e. The van der Waals surface area contributed by atoms with Crippen LogP contribution in [0, 0.1) is 6.07 Å². The molecule has 0 saturated heterocycles. The van der Waals surface area contributed by atoms with Gasteiger partial charge in [0.2, 0.25) is 0 Å². The van der Waals surface area contributed by atoms with Crippen molar-refractivity contribution in [2.45, 2.75) is 85.5 Å². The van der Waals surface area contributed by atoms with E-state index in [1.807, 2.05) is 25.3 Å². The van der Waals surface area contributed by atoms with Crippen LogP contribution in [0.1, 0.15) is 91.5 Å². The molecule has 5 nitrogen and oxygen atoms in total. The number of aromatic hydroxyl groups is 1. The van der Waals surface area contributed by atoms with E-state index in [9.17, 15) is 5.11 Å². The maximum absolute atomic E-state index is 11.1. The molecule has 6 aromatic rings. The Bertz CT molecular complexity index is 2190. The average molecular weight is 843 g/mol. The van der Waals surface area contributed by atoms with Crippen LogP contribution in [0.25, 0.3) is 56.1 Å². The number of para-hydroxylation sites is 1. The van der Waals surface area contributed by atoms with Crippen molar-refractivity contribution in [2.24, 2.45) is 0 Å². The van der Waals surface area contributed by atoms with Gasteiger partial charge in [-0.1, -0.05) is 110 Å². The van der Waals surface area contributed by atoms with Crippen LogP contribution in [0.4, 0.5) is 0 Å². The number of rotatable bonds is 5. The maximum atomic E-state index is 11.1. The number of hydrogen-bond acceptors (Lipinski definition) is 4. The van der Waals surface area contributed by atoms with Gasteiger partial charge in [-0.2, -0.15) is 0 Å². The molecule has 6 rings (SSSR count). The standard InChI is InChI=1S/C44H47N4O.Pt/c1-27(2)28-15-18-46-37(22-28)30-19-29(20-31(21-30)42(3,4)5)35-13-12-14-38-40(35)47-41(36-16-17-45-26-39(36)49)48(38)34-24-32(43(6,7)8)23-33(25-34)44(9,10)11;/h12-18,20-26,49H,1H2,2-11H3;/q-1;. The quantitative estimate of drug-likeness (QED) is 0.176. The first-order valence-corrected chi connectivity index (χ1v) is 16.9. The predicted molar refractivity (Wildman–Crippen MR) is 204 cm³/mol. The van der Waals surface area contributed by atoms with E-state index in [1.54, 1.807) is 6.20 Å². The SMILES string of the molecule is C=C(C)c1ccnc(-c2[c-]c(-c3cccc4c3nc(-c3ccncc3O)n4-c3cc(C(C)(C)C)cc(C(C)(C)C)c3)cc(C(C)(C)C)c2)c1.[Pt]. The molecule has 0 amide bonds. The van der Waals surface area contributed by atoms with Crippen molar-refractivity contribution in [1.82, 2.24) is 19.5 Å². The van der Waals surface area contributed by atoms with Crippen molar-refractivity contribution in [3.8, 4) is 45.2 Å². The van der Waals surface area contributed by atoms with E-state index < -0.39 is 0 Å². The fraction of sp³-hybridized carbons (Fsp3) is 0.295. The van der Waals surface area contributed by atoms with Gasteiger partial charge >= 0.3 is 0 Å². The molecule has 0 radical (unpaired) electrons. The zero-order valence-electron chi connectivity index (χ0n) is 30.8. The third-order valence-electron chi connectivity index (χ3n) is 9.19. The van der Waals surface area contributed by atoms with Gasteiger partial charge in [0.1, 0.15) is 11.6 Å². The van der Waals surface area contributed by atoms with Crippen LogP contribution in [0.5, 0.6) is 5.75 Å². The van der Waals surface area contributed by atoms with Gasteiger partial charge in [0.25, 0.3) is 0 Å². The number of hydrogen-bond donors (Lipinski definition) is 1. The van der Waals surface area contributed by atoms with Crippen LogP contribution in [0.3, 0.4) is 0 Å². The molecule has 0 aliphatic rings. The van der Waals surface area contributed by atoms with E-state index in [0.29, 0.717) is 11.4 Å². The summed E-state index contributed by atoms with van der Waals surface area (Å²) in [6.45, 7) is 26.3. The molecule has 0 bridgehead atoms. The molecule has 0 unspecified atom stereocenters. The second-order valence-electron chi connectivity index (χ2n) is 16.3. The summed E-state index contributed by atoms with van der Waals surface area (Å²) in [5, 5.41) is 11.1. The number of aromatic nitrogens is 4. The molecule has 0 spiro atoms. The molecule has 50 heavy (non-hydrogen) atoms. The number of benzene rings is 3. The first-order chi connectivity index (χ1) is 22.9. The Balaban J connectivity index is 0.00000486. The summed E-state index contributed by atoms with van der Waals surface area (Å²) in [4.78, 5) is 14.3. The third kappa shape index (κ3) is 7.25. The van der Waals surface area contributed by atoms with E-state index in [-0.39, 0.29) is 43.1 Å². The molecule has 6 heteroatoms. The molecule has 0 saturated carbocycles. The van der Waals surface area contributed by atoms with Crippen LogP contribution in [-0.4, -0.2) is 24.6 Å². The number of fused-ring (bicyclic) bond motifs is 1. The Morgan fingerprint density at radius 3 is 1.96 bits per heavy atom.